The fraction of sp³-hybridized carbons (Fsp3) is 0.125. The number of benzene rings is 1. The molecule has 1 aromatic rings. The number of nitro benzene ring substituents is 1. The number of carbonyl (C=O) groups is 1. The Kier molecular flexibility index (Phi) is 4.58. The van der Waals surface area contributed by atoms with Crippen molar-refractivity contribution in [3.63, 3.8) is 0 Å². The van der Waals surface area contributed by atoms with E-state index in [4.69, 9.17) is 0 Å². The van der Waals surface area contributed by atoms with Gasteiger partial charge in [-0.1, -0.05) is 12.1 Å². The summed E-state index contributed by atoms with van der Waals surface area (Å²) in [6.07, 6.45) is 0. The third kappa shape index (κ3) is 2.43. The molecule has 0 atom stereocenters. The summed E-state index contributed by atoms with van der Waals surface area (Å²) in [6.45, 7) is 0. The Morgan fingerprint density at radius 3 is 2.50 bits per heavy atom. The van der Waals surface area contributed by atoms with Crippen LogP contribution in [0.1, 0.15) is 10.4 Å². The summed E-state index contributed by atoms with van der Waals surface area (Å²) in [5.41, 5.74) is -0.274. The molecule has 1 rings (SSSR count). The van der Waals surface area contributed by atoms with Crippen molar-refractivity contribution >= 4 is 24.1 Å². The lowest BCUT2D eigenvalue weighted by Gasteiger charge is -1.99. The van der Waals surface area contributed by atoms with E-state index in [9.17, 15) is 14.9 Å². The van der Waals surface area contributed by atoms with E-state index < -0.39 is 10.9 Å². The minimum atomic E-state index is -0.702. The average Bonchev–Trinajstić information content (AvgIpc) is 2.16. The first-order valence-corrected chi connectivity index (χ1v) is 3.48. The molecule has 0 aliphatic rings. The van der Waals surface area contributed by atoms with Crippen LogP contribution in [-0.2, 0) is 4.74 Å². The van der Waals surface area contributed by atoms with E-state index in [0.717, 1.165) is 0 Å². The molecule has 14 heavy (non-hydrogen) atoms. The van der Waals surface area contributed by atoms with Crippen molar-refractivity contribution in [2.24, 2.45) is 0 Å². The number of nitro groups is 1. The van der Waals surface area contributed by atoms with Crippen LogP contribution >= 0.6 is 12.4 Å². The number of ether oxygens (including phenoxy) is 1. The van der Waals surface area contributed by atoms with Crippen molar-refractivity contribution in [1.29, 1.82) is 0 Å². The Bertz CT molecular complexity index is 353. The summed E-state index contributed by atoms with van der Waals surface area (Å²) in [7, 11) is 1.18. The van der Waals surface area contributed by atoms with Crippen molar-refractivity contribution in [1.82, 2.24) is 0 Å². The van der Waals surface area contributed by atoms with Gasteiger partial charge in [0.2, 0.25) is 0 Å². The zero-order valence-electron chi connectivity index (χ0n) is 7.30. The SMILES string of the molecule is COC(=O)c1ccccc1[N+](=O)[O-].Cl. The minimum absolute atomic E-state index is 0. The van der Waals surface area contributed by atoms with Crippen LogP contribution in [0.4, 0.5) is 5.69 Å². The van der Waals surface area contributed by atoms with Crippen molar-refractivity contribution < 1.29 is 14.5 Å². The molecule has 0 N–H and O–H groups in total. The number of halogens is 1. The highest BCUT2D eigenvalue weighted by molar-refractivity contribution is 5.93. The van der Waals surface area contributed by atoms with Gasteiger partial charge in [-0.25, -0.2) is 4.79 Å². The Labute approximate surface area is 86.2 Å². The third-order valence-electron chi connectivity index (χ3n) is 1.51. The summed E-state index contributed by atoms with van der Waals surface area (Å²) >= 11 is 0. The Morgan fingerprint density at radius 2 is 2.00 bits per heavy atom. The Hall–Kier alpha value is -1.62. The van der Waals surface area contributed by atoms with E-state index in [0.29, 0.717) is 0 Å². The van der Waals surface area contributed by atoms with E-state index in [1.807, 2.05) is 0 Å². The zero-order valence-corrected chi connectivity index (χ0v) is 8.11. The first-order valence-electron chi connectivity index (χ1n) is 3.48. The second-order valence-electron chi connectivity index (χ2n) is 2.27. The quantitative estimate of drug-likeness (QED) is 0.430. The maximum Gasteiger partial charge on any atom is 0.344 e. The normalized spacial score (nSPS) is 8.64. The van der Waals surface area contributed by atoms with Crippen LogP contribution in [-0.4, -0.2) is 18.0 Å². The first-order chi connectivity index (χ1) is 6.16. The van der Waals surface area contributed by atoms with Gasteiger partial charge in [0.15, 0.2) is 0 Å². The van der Waals surface area contributed by atoms with Crippen LogP contribution in [0.3, 0.4) is 0 Å². The second kappa shape index (κ2) is 5.18. The van der Waals surface area contributed by atoms with Gasteiger partial charge < -0.3 is 4.74 Å². The lowest BCUT2D eigenvalue weighted by atomic mass is 10.2. The average molecular weight is 218 g/mol. The number of rotatable bonds is 2. The van der Waals surface area contributed by atoms with Crippen LogP contribution < -0.4 is 0 Å². The molecule has 0 radical (unpaired) electrons. The van der Waals surface area contributed by atoms with E-state index in [-0.39, 0.29) is 23.7 Å². The lowest BCUT2D eigenvalue weighted by Crippen LogP contribution is -2.04. The smallest absolute Gasteiger partial charge is 0.344 e. The third-order valence-corrected chi connectivity index (χ3v) is 1.51. The van der Waals surface area contributed by atoms with Gasteiger partial charge in [-0.3, -0.25) is 10.1 Å². The molecule has 76 valence electrons. The van der Waals surface area contributed by atoms with Gasteiger partial charge in [0.05, 0.1) is 12.0 Å². The number of methoxy groups -OCH3 is 1. The molecule has 0 bridgehead atoms. The molecule has 0 amide bonds. The molecular formula is C8H8ClNO4. The van der Waals surface area contributed by atoms with E-state index in [1.165, 1.54) is 25.3 Å². The van der Waals surface area contributed by atoms with E-state index in [1.54, 1.807) is 6.07 Å². The monoisotopic (exact) mass is 217 g/mol. The van der Waals surface area contributed by atoms with E-state index >= 15 is 0 Å². The van der Waals surface area contributed by atoms with Crippen molar-refractivity contribution in [2.75, 3.05) is 7.11 Å². The first kappa shape index (κ1) is 12.4. The Morgan fingerprint density at radius 1 is 1.43 bits per heavy atom. The lowest BCUT2D eigenvalue weighted by molar-refractivity contribution is -0.385. The number of para-hydroxylation sites is 1. The van der Waals surface area contributed by atoms with Gasteiger partial charge in [-0.15, -0.1) is 12.4 Å². The van der Waals surface area contributed by atoms with Gasteiger partial charge >= 0.3 is 5.97 Å². The standard InChI is InChI=1S/C8H7NO4.ClH/c1-13-8(10)6-4-2-3-5-7(6)9(11)12;/h2-5H,1H3;1H. The molecule has 0 unspecified atom stereocenters. The highest BCUT2D eigenvalue weighted by Crippen LogP contribution is 2.17. The highest BCUT2D eigenvalue weighted by Gasteiger charge is 2.18. The minimum Gasteiger partial charge on any atom is -0.465 e. The molecule has 0 spiro atoms. The summed E-state index contributed by atoms with van der Waals surface area (Å²) in [4.78, 5) is 20.8. The summed E-state index contributed by atoms with van der Waals surface area (Å²) in [5, 5.41) is 10.4. The van der Waals surface area contributed by atoms with Crippen LogP contribution in [0, 0.1) is 10.1 Å². The summed E-state index contributed by atoms with van der Waals surface area (Å²) in [5.74, 6) is -0.702. The van der Waals surface area contributed by atoms with Crippen LogP contribution in [0.25, 0.3) is 0 Å². The van der Waals surface area contributed by atoms with Crippen LogP contribution in [0.5, 0.6) is 0 Å². The highest BCUT2D eigenvalue weighted by atomic mass is 35.5. The molecule has 1 aromatic carbocycles. The van der Waals surface area contributed by atoms with Gasteiger partial charge in [-0.05, 0) is 6.07 Å². The molecule has 0 aliphatic carbocycles. The van der Waals surface area contributed by atoms with Gasteiger partial charge in [0.1, 0.15) is 5.56 Å². The summed E-state index contributed by atoms with van der Waals surface area (Å²) in [6, 6.07) is 5.64. The number of nitrogens with zero attached hydrogens (tertiary/aromatic N) is 1. The number of carbonyl (C=O) groups excluding carboxylic acids is 1. The van der Waals surface area contributed by atoms with E-state index in [2.05, 4.69) is 4.74 Å². The zero-order chi connectivity index (χ0) is 9.84. The summed E-state index contributed by atoms with van der Waals surface area (Å²) < 4.78 is 4.38. The second-order valence-corrected chi connectivity index (χ2v) is 2.27. The molecule has 5 nitrogen and oxygen atoms in total. The van der Waals surface area contributed by atoms with Crippen LogP contribution in [0.2, 0.25) is 0 Å². The fourth-order valence-electron chi connectivity index (χ4n) is 0.915. The van der Waals surface area contributed by atoms with Crippen molar-refractivity contribution in [3.8, 4) is 0 Å². The number of hydrogen-bond acceptors (Lipinski definition) is 4. The molecule has 0 aromatic heterocycles. The molecule has 0 heterocycles. The molecule has 0 saturated heterocycles. The number of esters is 1. The topological polar surface area (TPSA) is 69.4 Å². The molecule has 0 saturated carbocycles. The predicted molar refractivity (Wildman–Crippen MR) is 51.7 cm³/mol. The van der Waals surface area contributed by atoms with Crippen LogP contribution in [0.15, 0.2) is 24.3 Å². The fourth-order valence-corrected chi connectivity index (χ4v) is 0.915. The maximum atomic E-state index is 11.0. The maximum absolute atomic E-state index is 11.0. The number of hydrogen-bond donors (Lipinski definition) is 0. The van der Waals surface area contributed by atoms with Crippen molar-refractivity contribution in [3.05, 3.63) is 39.9 Å². The molecule has 0 aliphatic heterocycles. The van der Waals surface area contributed by atoms with Gasteiger partial charge in [0, 0.05) is 6.07 Å². The largest absolute Gasteiger partial charge is 0.465 e. The predicted octanol–water partition coefficient (Wildman–Crippen LogP) is 1.80. The van der Waals surface area contributed by atoms with Gasteiger partial charge in [0.25, 0.3) is 5.69 Å². The molecular weight excluding hydrogens is 210 g/mol. The molecule has 6 heteroatoms. The Balaban J connectivity index is 0.00000169. The van der Waals surface area contributed by atoms with Crippen molar-refractivity contribution in [2.45, 2.75) is 0 Å². The van der Waals surface area contributed by atoms with Gasteiger partial charge in [-0.2, -0.15) is 0 Å². The molecule has 0 fully saturated rings.